The summed E-state index contributed by atoms with van der Waals surface area (Å²) in [4.78, 5) is 17.8. The predicted octanol–water partition coefficient (Wildman–Crippen LogP) is 0.742. The Morgan fingerprint density at radius 1 is 1.33 bits per heavy atom. The summed E-state index contributed by atoms with van der Waals surface area (Å²) < 4.78 is 5.49. The first kappa shape index (κ1) is 15.1. The topological polar surface area (TPSA) is 84.2 Å². The second-order valence-electron chi connectivity index (χ2n) is 4.87. The number of pyridine rings is 1. The zero-order chi connectivity index (χ0) is 15.1. The van der Waals surface area contributed by atoms with Gasteiger partial charge in [-0.3, -0.25) is 9.78 Å². The highest BCUT2D eigenvalue weighted by Crippen LogP contribution is 2.14. The van der Waals surface area contributed by atoms with E-state index in [-0.39, 0.29) is 5.91 Å². The Morgan fingerprint density at radius 2 is 2.19 bits per heavy atom. The maximum atomic E-state index is 11.6. The van der Waals surface area contributed by atoms with Crippen molar-refractivity contribution in [2.75, 3.05) is 27.2 Å². The minimum absolute atomic E-state index is 0.0190. The third kappa shape index (κ3) is 4.96. The normalized spacial score (nSPS) is 10.8. The minimum Gasteiger partial charge on any atom is -0.419 e. The second kappa shape index (κ2) is 7.49. The van der Waals surface area contributed by atoms with Gasteiger partial charge in [0.1, 0.15) is 5.69 Å². The Morgan fingerprint density at radius 3 is 2.90 bits per heavy atom. The van der Waals surface area contributed by atoms with Crippen LogP contribution >= 0.6 is 0 Å². The fourth-order valence-corrected chi connectivity index (χ4v) is 1.68. The number of amides is 1. The standard InChI is InChI=1S/C14H19N5O2/c1-19(2)10-9-16-12(20)6-7-13-17-18-14(21-13)11-5-3-4-8-15-11/h3-5,8H,6-7,9-10H2,1-2H3,(H,16,20). The van der Waals surface area contributed by atoms with Gasteiger partial charge < -0.3 is 14.6 Å². The number of rotatable bonds is 7. The number of likely N-dealkylation sites (N-methyl/N-ethyl adjacent to an activating group) is 1. The lowest BCUT2D eigenvalue weighted by Gasteiger charge is -2.09. The van der Waals surface area contributed by atoms with Gasteiger partial charge in [0.2, 0.25) is 11.8 Å². The highest BCUT2D eigenvalue weighted by Gasteiger charge is 2.10. The summed E-state index contributed by atoms with van der Waals surface area (Å²) in [7, 11) is 3.92. The van der Waals surface area contributed by atoms with E-state index in [1.807, 2.05) is 31.1 Å². The monoisotopic (exact) mass is 289 g/mol. The van der Waals surface area contributed by atoms with Crippen LogP contribution in [0.25, 0.3) is 11.6 Å². The molecule has 0 fully saturated rings. The van der Waals surface area contributed by atoms with Crippen molar-refractivity contribution >= 4 is 5.91 Å². The highest BCUT2D eigenvalue weighted by atomic mass is 16.4. The van der Waals surface area contributed by atoms with Crippen LogP contribution in [0, 0.1) is 0 Å². The molecule has 2 heterocycles. The summed E-state index contributed by atoms with van der Waals surface area (Å²) in [6.45, 7) is 1.45. The fraction of sp³-hybridized carbons (Fsp3) is 0.429. The van der Waals surface area contributed by atoms with Crippen LogP contribution in [0.3, 0.4) is 0 Å². The van der Waals surface area contributed by atoms with E-state index in [4.69, 9.17) is 4.42 Å². The van der Waals surface area contributed by atoms with Crippen LogP contribution in [0.15, 0.2) is 28.8 Å². The average molecular weight is 289 g/mol. The van der Waals surface area contributed by atoms with Gasteiger partial charge >= 0.3 is 0 Å². The number of hydrogen-bond donors (Lipinski definition) is 1. The molecule has 7 nitrogen and oxygen atoms in total. The molecule has 0 atom stereocenters. The van der Waals surface area contributed by atoms with Gasteiger partial charge in [-0.05, 0) is 26.2 Å². The number of aryl methyl sites for hydroxylation is 1. The van der Waals surface area contributed by atoms with Crippen LogP contribution in [0.4, 0.5) is 0 Å². The van der Waals surface area contributed by atoms with E-state index in [2.05, 4.69) is 20.5 Å². The smallest absolute Gasteiger partial charge is 0.266 e. The molecule has 0 unspecified atom stereocenters. The molecule has 0 spiro atoms. The Bertz CT molecular complexity index is 568. The van der Waals surface area contributed by atoms with Crippen molar-refractivity contribution in [3.8, 4) is 11.6 Å². The van der Waals surface area contributed by atoms with Crippen molar-refractivity contribution < 1.29 is 9.21 Å². The average Bonchev–Trinajstić information content (AvgIpc) is 2.94. The first-order valence-corrected chi connectivity index (χ1v) is 6.80. The summed E-state index contributed by atoms with van der Waals surface area (Å²) in [6.07, 6.45) is 2.42. The van der Waals surface area contributed by atoms with Crippen molar-refractivity contribution in [2.24, 2.45) is 0 Å². The van der Waals surface area contributed by atoms with Crippen molar-refractivity contribution in [3.05, 3.63) is 30.3 Å². The summed E-state index contributed by atoms with van der Waals surface area (Å²) in [5.41, 5.74) is 0.631. The van der Waals surface area contributed by atoms with E-state index >= 15 is 0 Å². The van der Waals surface area contributed by atoms with E-state index in [1.54, 1.807) is 12.3 Å². The maximum absolute atomic E-state index is 11.6. The zero-order valence-electron chi connectivity index (χ0n) is 12.2. The molecule has 7 heteroatoms. The molecule has 0 bridgehead atoms. The number of hydrogen-bond acceptors (Lipinski definition) is 6. The van der Waals surface area contributed by atoms with E-state index in [9.17, 15) is 4.79 Å². The SMILES string of the molecule is CN(C)CCNC(=O)CCc1nnc(-c2ccccn2)o1. The van der Waals surface area contributed by atoms with Gasteiger partial charge in [0.05, 0.1) is 0 Å². The lowest BCUT2D eigenvalue weighted by atomic mass is 10.3. The van der Waals surface area contributed by atoms with Crippen LogP contribution in [-0.4, -0.2) is 53.2 Å². The highest BCUT2D eigenvalue weighted by molar-refractivity contribution is 5.75. The molecule has 2 aromatic rings. The summed E-state index contributed by atoms with van der Waals surface area (Å²) in [5, 5.41) is 10.7. The van der Waals surface area contributed by atoms with E-state index in [0.29, 0.717) is 36.9 Å². The molecule has 1 N–H and O–H groups in total. The number of carbonyl (C=O) groups is 1. The van der Waals surface area contributed by atoms with Crippen LogP contribution < -0.4 is 5.32 Å². The van der Waals surface area contributed by atoms with E-state index < -0.39 is 0 Å². The van der Waals surface area contributed by atoms with Crippen molar-refractivity contribution in [1.82, 2.24) is 25.4 Å². The molecule has 0 aliphatic carbocycles. The van der Waals surface area contributed by atoms with Crippen molar-refractivity contribution in [3.63, 3.8) is 0 Å². The van der Waals surface area contributed by atoms with Gasteiger partial charge in [0.25, 0.3) is 5.89 Å². The van der Waals surface area contributed by atoms with Gasteiger partial charge in [-0.15, -0.1) is 10.2 Å². The summed E-state index contributed by atoms with van der Waals surface area (Å²) in [5.74, 6) is 0.798. The molecule has 0 saturated heterocycles. The summed E-state index contributed by atoms with van der Waals surface area (Å²) >= 11 is 0. The third-order valence-electron chi connectivity index (χ3n) is 2.80. The lowest BCUT2D eigenvalue weighted by molar-refractivity contribution is -0.121. The van der Waals surface area contributed by atoms with Crippen molar-refractivity contribution in [2.45, 2.75) is 12.8 Å². The van der Waals surface area contributed by atoms with Gasteiger partial charge in [-0.1, -0.05) is 6.07 Å². The second-order valence-corrected chi connectivity index (χ2v) is 4.87. The molecular formula is C14H19N5O2. The van der Waals surface area contributed by atoms with Crippen LogP contribution in [0.1, 0.15) is 12.3 Å². The molecule has 2 rings (SSSR count). The van der Waals surface area contributed by atoms with Gasteiger partial charge in [0, 0.05) is 32.1 Å². The molecule has 2 aromatic heterocycles. The fourth-order valence-electron chi connectivity index (χ4n) is 1.68. The first-order chi connectivity index (χ1) is 10.1. The minimum atomic E-state index is -0.0190. The van der Waals surface area contributed by atoms with Gasteiger partial charge in [-0.25, -0.2) is 0 Å². The molecule has 0 aliphatic heterocycles. The molecular weight excluding hydrogens is 270 g/mol. The molecule has 112 valence electrons. The number of carbonyl (C=O) groups excluding carboxylic acids is 1. The maximum Gasteiger partial charge on any atom is 0.266 e. The Kier molecular flexibility index (Phi) is 5.39. The molecule has 0 aromatic carbocycles. The molecule has 0 radical (unpaired) electrons. The molecule has 0 aliphatic rings. The predicted molar refractivity (Wildman–Crippen MR) is 77.4 cm³/mol. The number of nitrogens with zero attached hydrogens (tertiary/aromatic N) is 4. The van der Waals surface area contributed by atoms with Crippen molar-refractivity contribution in [1.29, 1.82) is 0 Å². The summed E-state index contributed by atoms with van der Waals surface area (Å²) in [6, 6.07) is 5.47. The van der Waals surface area contributed by atoms with Gasteiger partial charge in [-0.2, -0.15) is 0 Å². The molecule has 21 heavy (non-hydrogen) atoms. The molecule has 1 amide bonds. The third-order valence-corrected chi connectivity index (χ3v) is 2.80. The quantitative estimate of drug-likeness (QED) is 0.809. The van der Waals surface area contributed by atoms with Crippen LogP contribution in [0.2, 0.25) is 0 Å². The number of nitrogens with one attached hydrogen (secondary N) is 1. The Balaban J connectivity index is 1.79. The van der Waals surface area contributed by atoms with Gasteiger partial charge in [0.15, 0.2) is 0 Å². The van der Waals surface area contributed by atoms with E-state index in [1.165, 1.54) is 0 Å². The Labute approximate surface area is 123 Å². The number of aromatic nitrogens is 3. The Hall–Kier alpha value is -2.28. The molecule has 0 saturated carbocycles. The largest absolute Gasteiger partial charge is 0.419 e. The van der Waals surface area contributed by atoms with Crippen LogP contribution in [0.5, 0.6) is 0 Å². The van der Waals surface area contributed by atoms with E-state index in [0.717, 1.165) is 6.54 Å². The van der Waals surface area contributed by atoms with Crippen LogP contribution in [-0.2, 0) is 11.2 Å². The first-order valence-electron chi connectivity index (χ1n) is 6.80. The zero-order valence-corrected chi connectivity index (χ0v) is 12.2. The lowest BCUT2D eigenvalue weighted by Crippen LogP contribution is -2.31.